The van der Waals surface area contributed by atoms with Gasteiger partial charge in [-0.1, -0.05) is 48.4 Å². The Balaban J connectivity index is 1.72. The van der Waals surface area contributed by atoms with Crippen molar-refractivity contribution in [1.82, 2.24) is 20.1 Å². The van der Waals surface area contributed by atoms with Crippen molar-refractivity contribution in [3.63, 3.8) is 0 Å². The average Bonchev–Trinajstić information content (AvgIpc) is 2.89. The molecule has 1 aromatic carbocycles. The minimum Gasteiger partial charge on any atom is -0.350 e. The Morgan fingerprint density at radius 1 is 1.22 bits per heavy atom. The molecule has 2 atom stereocenters. The number of hydrogen-bond donors (Lipinski definition) is 1. The highest BCUT2D eigenvalue weighted by atomic mass is 35.5. The van der Waals surface area contributed by atoms with Gasteiger partial charge >= 0.3 is 0 Å². The van der Waals surface area contributed by atoms with Crippen molar-refractivity contribution in [2.24, 2.45) is 7.05 Å². The Morgan fingerprint density at radius 3 is 2.56 bits per heavy atom. The van der Waals surface area contributed by atoms with Gasteiger partial charge in [0.1, 0.15) is 0 Å². The molecule has 3 aromatic rings. The summed E-state index contributed by atoms with van der Waals surface area (Å²) in [7, 11) is 1.82. The number of hydrogen-bond acceptors (Lipinski definition) is 3. The lowest BCUT2D eigenvalue weighted by atomic mass is 10.00. The second kappa shape index (κ2) is 7.69. The first-order chi connectivity index (χ1) is 12.8. The molecule has 0 saturated heterocycles. The smallest absolute Gasteiger partial charge is 0.221 e. The van der Waals surface area contributed by atoms with Crippen molar-refractivity contribution < 1.29 is 4.79 Å². The van der Waals surface area contributed by atoms with Gasteiger partial charge in [0.2, 0.25) is 5.91 Å². The van der Waals surface area contributed by atoms with Crippen molar-refractivity contribution >= 4 is 28.5 Å². The molecule has 0 spiro atoms. The summed E-state index contributed by atoms with van der Waals surface area (Å²) in [5.41, 5.74) is 4.95. The van der Waals surface area contributed by atoms with Gasteiger partial charge in [0.05, 0.1) is 11.4 Å². The maximum absolute atomic E-state index is 12.5. The molecule has 27 heavy (non-hydrogen) atoms. The van der Waals surface area contributed by atoms with E-state index in [9.17, 15) is 4.79 Å². The zero-order valence-corrected chi connectivity index (χ0v) is 17.1. The van der Waals surface area contributed by atoms with Gasteiger partial charge in [0.25, 0.3) is 0 Å². The number of aryl methyl sites for hydroxylation is 3. The van der Waals surface area contributed by atoms with Gasteiger partial charge in [-0.3, -0.25) is 4.79 Å². The summed E-state index contributed by atoms with van der Waals surface area (Å²) in [4.78, 5) is 17.2. The largest absolute Gasteiger partial charge is 0.350 e. The molecule has 142 valence electrons. The lowest BCUT2D eigenvalue weighted by Gasteiger charge is -2.17. The van der Waals surface area contributed by atoms with Crippen molar-refractivity contribution in [1.29, 1.82) is 0 Å². The molecule has 1 N–H and O–H groups in total. The molecule has 0 aliphatic heterocycles. The van der Waals surface area contributed by atoms with Crippen molar-refractivity contribution in [2.45, 2.75) is 46.1 Å². The highest BCUT2D eigenvalue weighted by molar-refractivity contribution is 6.34. The molecule has 0 saturated carbocycles. The number of nitrogens with zero attached hydrogens (tertiary/aromatic N) is 3. The number of benzene rings is 1. The summed E-state index contributed by atoms with van der Waals surface area (Å²) < 4.78 is 1.68. The van der Waals surface area contributed by atoms with Gasteiger partial charge in [-0.15, -0.1) is 0 Å². The fourth-order valence-electron chi connectivity index (χ4n) is 3.27. The Kier molecular flexibility index (Phi) is 5.51. The van der Waals surface area contributed by atoms with E-state index in [2.05, 4.69) is 41.6 Å². The molecular weight excluding hydrogens is 360 g/mol. The maximum Gasteiger partial charge on any atom is 0.221 e. The van der Waals surface area contributed by atoms with E-state index in [0.29, 0.717) is 11.6 Å². The molecule has 0 bridgehead atoms. The minimum absolute atomic E-state index is 0.00741. The number of halogens is 1. The molecular formula is C21H25ClN4O. The number of amides is 1. The fourth-order valence-corrected chi connectivity index (χ4v) is 3.62. The van der Waals surface area contributed by atoms with Crippen LogP contribution in [0.1, 0.15) is 54.6 Å². The van der Waals surface area contributed by atoms with Crippen molar-refractivity contribution in [3.05, 3.63) is 57.9 Å². The van der Waals surface area contributed by atoms with E-state index in [1.807, 2.05) is 33.9 Å². The van der Waals surface area contributed by atoms with Crippen LogP contribution in [0.3, 0.4) is 0 Å². The summed E-state index contributed by atoms with van der Waals surface area (Å²) in [6.07, 6.45) is 0.375. The summed E-state index contributed by atoms with van der Waals surface area (Å²) in [6.45, 7) is 8.06. The van der Waals surface area contributed by atoms with Crippen LogP contribution in [0, 0.1) is 13.8 Å². The highest BCUT2D eigenvalue weighted by Gasteiger charge is 2.18. The van der Waals surface area contributed by atoms with Crippen LogP contribution >= 0.6 is 11.6 Å². The van der Waals surface area contributed by atoms with Crippen LogP contribution in [0.15, 0.2) is 30.3 Å². The fraction of sp³-hybridized carbons (Fsp3) is 0.381. The molecule has 2 aromatic heterocycles. The van der Waals surface area contributed by atoms with Crippen LogP contribution in [-0.4, -0.2) is 20.7 Å². The van der Waals surface area contributed by atoms with Crippen LogP contribution in [0.25, 0.3) is 11.0 Å². The lowest BCUT2D eigenvalue weighted by molar-refractivity contribution is -0.122. The number of carbonyl (C=O) groups excluding carboxylic acids is 1. The first-order valence-electron chi connectivity index (χ1n) is 9.12. The number of pyridine rings is 1. The Labute approximate surface area is 164 Å². The summed E-state index contributed by atoms with van der Waals surface area (Å²) in [5.74, 6) is 0.00477. The van der Waals surface area contributed by atoms with Crippen LogP contribution in [0.4, 0.5) is 0 Å². The molecule has 0 fully saturated rings. The zero-order chi connectivity index (χ0) is 19.7. The van der Waals surface area contributed by atoms with Gasteiger partial charge in [0, 0.05) is 25.1 Å². The molecule has 1 amide bonds. The monoisotopic (exact) mass is 384 g/mol. The third-order valence-corrected chi connectivity index (χ3v) is 5.18. The van der Waals surface area contributed by atoms with E-state index in [0.717, 1.165) is 27.9 Å². The van der Waals surface area contributed by atoms with E-state index < -0.39 is 0 Å². The number of nitrogens with one attached hydrogen (secondary N) is 1. The third-order valence-electron chi connectivity index (χ3n) is 4.92. The van der Waals surface area contributed by atoms with E-state index >= 15 is 0 Å². The molecule has 1 unspecified atom stereocenters. The Morgan fingerprint density at radius 2 is 1.89 bits per heavy atom. The SMILES string of the molecule is Cc1ccc([C@H](C)NC(=O)CC(C)c2cc(C)c3c(Cl)nn(C)c3n2)cc1. The number of carbonyl (C=O) groups is 1. The lowest BCUT2D eigenvalue weighted by Crippen LogP contribution is -2.27. The first kappa shape index (κ1) is 19.4. The van der Waals surface area contributed by atoms with Crippen LogP contribution in [0.5, 0.6) is 0 Å². The summed E-state index contributed by atoms with van der Waals surface area (Å²) in [5, 5.41) is 8.64. The predicted molar refractivity (Wildman–Crippen MR) is 109 cm³/mol. The van der Waals surface area contributed by atoms with E-state index in [1.165, 1.54) is 5.56 Å². The highest BCUT2D eigenvalue weighted by Crippen LogP contribution is 2.28. The maximum atomic E-state index is 12.5. The van der Waals surface area contributed by atoms with Gasteiger partial charge < -0.3 is 5.32 Å². The van der Waals surface area contributed by atoms with Crippen molar-refractivity contribution in [3.8, 4) is 0 Å². The Bertz CT molecular complexity index is 978. The number of fused-ring (bicyclic) bond motifs is 1. The van der Waals surface area contributed by atoms with E-state index in [1.54, 1.807) is 4.68 Å². The molecule has 0 aliphatic rings. The van der Waals surface area contributed by atoms with Gasteiger partial charge in [0.15, 0.2) is 10.8 Å². The molecule has 6 heteroatoms. The van der Waals surface area contributed by atoms with Gasteiger partial charge in [-0.05, 0) is 38.0 Å². The van der Waals surface area contributed by atoms with Crippen molar-refractivity contribution in [2.75, 3.05) is 0 Å². The average molecular weight is 385 g/mol. The van der Waals surface area contributed by atoms with Gasteiger partial charge in [-0.25, -0.2) is 9.67 Å². The standard InChI is InChI=1S/C21H25ClN4O/c1-12-6-8-16(9-7-12)15(4)23-18(27)11-13(2)17-10-14(3)19-20(22)25-26(5)21(19)24-17/h6-10,13,15H,11H2,1-5H3,(H,23,27)/t13?,15-/m0/s1. The second-order valence-corrected chi connectivity index (χ2v) is 7.64. The predicted octanol–water partition coefficient (Wildman–Crippen LogP) is 4.61. The normalized spacial score (nSPS) is 13.6. The second-order valence-electron chi connectivity index (χ2n) is 7.28. The first-order valence-corrected chi connectivity index (χ1v) is 9.49. The van der Waals surface area contributed by atoms with Crippen LogP contribution in [0.2, 0.25) is 5.15 Å². The molecule has 3 rings (SSSR count). The van der Waals surface area contributed by atoms with E-state index in [-0.39, 0.29) is 17.9 Å². The zero-order valence-electron chi connectivity index (χ0n) is 16.4. The topological polar surface area (TPSA) is 59.8 Å². The summed E-state index contributed by atoms with van der Waals surface area (Å²) >= 11 is 6.19. The molecule has 5 nitrogen and oxygen atoms in total. The quantitative estimate of drug-likeness (QED) is 0.698. The molecule has 0 aliphatic carbocycles. The minimum atomic E-state index is -0.0293. The molecule has 0 radical (unpaired) electrons. The third kappa shape index (κ3) is 4.14. The van der Waals surface area contributed by atoms with Gasteiger partial charge in [-0.2, -0.15) is 5.10 Å². The van der Waals surface area contributed by atoms with Crippen LogP contribution in [-0.2, 0) is 11.8 Å². The van der Waals surface area contributed by atoms with Crippen LogP contribution < -0.4 is 5.32 Å². The molecule has 2 heterocycles. The number of rotatable bonds is 5. The summed E-state index contributed by atoms with van der Waals surface area (Å²) in [6, 6.07) is 10.2. The Hall–Kier alpha value is -2.40. The van der Waals surface area contributed by atoms with E-state index in [4.69, 9.17) is 16.6 Å². The number of aromatic nitrogens is 3.